The first-order chi connectivity index (χ1) is 18.7. The number of carbonyl (C=O) groups excluding carboxylic acids is 1. The summed E-state index contributed by atoms with van der Waals surface area (Å²) in [6.45, 7) is 2.00. The summed E-state index contributed by atoms with van der Waals surface area (Å²) in [5.41, 5.74) is 14.1. The number of likely N-dealkylation sites (N-methyl/N-ethyl adjacent to an activating group) is 1. The number of hydrogen-bond donors (Lipinski definition) is 3. The Kier molecular flexibility index (Phi) is 9.14. The minimum atomic E-state index is -0.377. The first-order valence-corrected chi connectivity index (χ1v) is 13.6. The van der Waals surface area contributed by atoms with Crippen LogP contribution in [0.5, 0.6) is 11.5 Å². The van der Waals surface area contributed by atoms with Gasteiger partial charge < -0.3 is 30.7 Å². The first kappa shape index (κ1) is 28.4. The van der Waals surface area contributed by atoms with E-state index in [1.54, 1.807) is 14.2 Å². The number of benzene rings is 2. The van der Waals surface area contributed by atoms with E-state index in [2.05, 4.69) is 46.6 Å². The number of ether oxygens (including phenoxy) is 2. The topological polar surface area (TPSA) is 125 Å². The number of nitrogens with two attached hydrogens (primary N) is 2. The summed E-state index contributed by atoms with van der Waals surface area (Å²) in [5, 5.41) is 3.06. The molecule has 2 atom stereocenters. The van der Waals surface area contributed by atoms with Crippen LogP contribution in [0.2, 0.25) is 5.15 Å². The maximum Gasteiger partial charge on any atom is 0.274 e. The fraction of sp³-hybridized carbons (Fsp3) is 0.414. The van der Waals surface area contributed by atoms with Crippen molar-refractivity contribution in [2.24, 2.45) is 0 Å². The van der Waals surface area contributed by atoms with Gasteiger partial charge in [-0.3, -0.25) is 4.79 Å². The Balaban J connectivity index is 1.39. The molecule has 2 unspecified atom stereocenters. The molecule has 0 bridgehead atoms. The molecule has 1 saturated carbocycles. The number of carbonyl (C=O) groups is 1. The molecular formula is C29H38ClN6O3+. The van der Waals surface area contributed by atoms with Crippen molar-refractivity contribution in [1.29, 1.82) is 0 Å². The van der Waals surface area contributed by atoms with E-state index in [1.807, 2.05) is 24.3 Å². The van der Waals surface area contributed by atoms with Gasteiger partial charge in [0.2, 0.25) is 0 Å². The van der Waals surface area contributed by atoms with Gasteiger partial charge in [0.1, 0.15) is 17.5 Å². The van der Waals surface area contributed by atoms with Gasteiger partial charge in [-0.15, -0.1) is 0 Å². The molecule has 0 radical (unpaired) electrons. The SMILES string of the molecule is COc1ccc(CCC[N+](C)(CCCc2ccc(OC)cc2)C2CC2NC(=O)c2nc(Cl)c(N)nc2N)cc1. The van der Waals surface area contributed by atoms with E-state index in [-0.39, 0.29) is 34.4 Å². The number of aryl methyl sites for hydroxylation is 2. The number of methoxy groups -OCH3 is 2. The number of aromatic nitrogens is 2. The van der Waals surface area contributed by atoms with Crippen LogP contribution in [-0.2, 0) is 12.8 Å². The van der Waals surface area contributed by atoms with Crippen LogP contribution in [0.4, 0.5) is 11.6 Å². The van der Waals surface area contributed by atoms with E-state index in [0.717, 1.165) is 61.2 Å². The highest BCUT2D eigenvalue weighted by Gasteiger charge is 2.52. The summed E-state index contributed by atoms with van der Waals surface area (Å²) in [4.78, 5) is 20.9. The highest BCUT2D eigenvalue weighted by Crippen LogP contribution is 2.35. The Morgan fingerprint density at radius 1 is 0.923 bits per heavy atom. The van der Waals surface area contributed by atoms with Gasteiger partial charge >= 0.3 is 0 Å². The molecule has 2 aromatic carbocycles. The van der Waals surface area contributed by atoms with Crippen molar-refractivity contribution in [3.8, 4) is 11.5 Å². The van der Waals surface area contributed by atoms with Gasteiger partial charge in [-0.05, 0) is 48.2 Å². The monoisotopic (exact) mass is 553 g/mol. The maximum absolute atomic E-state index is 12.9. The number of nitrogen functional groups attached to an aromatic ring is 2. The van der Waals surface area contributed by atoms with Crippen LogP contribution in [0.1, 0.15) is 40.9 Å². The van der Waals surface area contributed by atoms with E-state index in [9.17, 15) is 4.79 Å². The predicted octanol–water partition coefficient (Wildman–Crippen LogP) is 3.89. The van der Waals surface area contributed by atoms with E-state index in [0.29, 0.717) is 6.04 Å². The standard InChI is InChI=1S/C29H37ClN6O3/c1-36(16-4-6-19-8-12-21(38-2)13-9-19,17-5-7-20-10-14-22(39-3)15-11-20)24-18-23(24)33-29(37)25-27(31)35-28(32)26(30)34-25/h8-15,23-24H,4-7,16-18H2,1-3H3,(H4-,31,32,33,35,37)/p+1. The molecule has 1 heterocycles. The normalized spacial score (nSPS) is 16.5. The Morgan fingerprint density at radius 3 is 1.92 bits per heavy atom. The second-order valence-corrected chi connectivity index (χ2v) is 10.7. The number of rotatable bonds is 13. The molecule has 3 aromatic rings. The molecule has 0 saturated heterocycles. The molecule has 0 spiro atoms. The van der Waals surface area contributed by atoms with Crippen molar-refractivity contribution >= 4 is 29.1 Å². The second kappa shape index (κ2) is 12.5. The molecule has 9 nitrogen and oxygen atoms in total. The van der Waals surface area contributed by atoms with Crippen LogP contribution in [0.15, 0.2) is 48.5 Å². The smallest absolute Gasteiger partial charge is 0.274 e. The molecule has 1 aliphatic rings. The Hall–Kier alpha value is -3.56. The lowest BCUT2D eigenvalue weighted by Crippen LogP contribution is -2.51. The molecule has 5 N–H and O–H groups in total. The molecule has 208 valence electrons. The zero-order valence-electron chi connectivity index (χ0n) is 22.8. The summed E-state index contributed by atoms with van der Waals surface area (Å²) in [7, 11) is 5.65. The van der Waals surface area contributed by atoms with Gasteiger partial charge in [0.05, 0.1) is 40.4 Å². The number of nitrogens with one attached hydrogen (secondary N) is 1. The van der Waals surface area contributed by atoms with Crippen LogP contribution in [0, 0.1) is 0 Å². The third kappa shape index (κ3) is 7.30. The summed E-state index contributed by atoms with van der Waals surface area (Å²) in [6.07, 6.45) is 4.93. The molecule has 39 heavy (non-hydrogen) atoms. The minimum Gasteiger partial charge on any atom is -0.497 e. The molecule has 1 fully saturated rings. The fourth-order valence-electron chi connectivity index (χ4n) is 5.19. The predicted molar refractivity (Wildman–Crippen MR) is 154 cm³/mol. The highest BCUT2D eigenvalue weighted by molar-refractivity contribution is 6.31. The number of hydrogen-bond acceptors (Lipinski definition) is 7. The van der Waals surface area contributed by atoms with Crippen LogP contribution < -0.4 is 26.3 Å². The second-order valence-electron chi connectivity index (χ2n) is 10.3. The van der Waals surface area contributed by atoms with Gasteiger partial charge in [-0.25, -0.2) is 9.97 Å². The molecule has 1 aliphatic carbocycles. The van der Waals surface area contributed by atoms with Gasteiger partial charge in [0, 0.05) is 19.3 Å². The van der Waals surface area contributed by atoms with Crippen molar-refractivity contribution in [2.45, 2.75) is 44.2 Å². The molecule has 0 aliphatic heterocycles. The Bertz CT molecular complexity index is 1220. The molecule has 10 heteroatoms. The third-order valence-electron chi connectivity index (χ3n) is 7.58. The van der Waals surface area contributed by atoms with Crippen molar-refractivity contribution in [3.05, 3.63) is 70.5 Å². The summed E-state index contributed by atoms with van der Waals surface area (Å²) in [6, 6.07) is 16.8. The lowest BCUT2D eigenvalue weighted by atomic mass is 10.1. The molecule has 4 rings (SSSR count). The fourth-order valence-corrected chi connectivity index (χ4v) is 5.31. The maximum atomic E-state index is 12.9. The lowest BCUT2D eigenvalue weighted by molar-refractivity contribution is -0.921. The number of anilines is 2. The minimum absolute atomic E-state index is 0.00739. The summed E-state index contributed by atoms with van der Waals surface area (Å²) in [5.74, 6) is 1.33. The number of quaternary nitrogens is 1. The average molecular weight is 554 g/mol. The van der Waals surface area contributed by atoms with E-state index < -0.39 is 0 Å². The van der Waals surface area contributed by atoms with Crippen molar-refractivity contribution in [3.63, 3.8) is 0 Å². The zero-order valence-corrected chi connectivity index (χ0v) is 23.6. The number of nitrogens with zero attached hydrogens (tertiary/aromatic N) is 3. The molecular weight excluding hydrogens is 516 g/mol. The first-order valence-electron chi connectivity index (χ1n) is 13.2. The molecule has 1 amide bonds. The van der Waals surface area contributed by atoms with Gasteiger partial charge in [-0.2, -0.15) is 0 Å². The lowest BCUT2D eigenvalue weighted by Gasteiger charge is -2.36. The van der Waals surface area contributed by atoms with Crippen molar-refractivity contribution < 1.29 is 18.8 Å². The van der Waals surface area contributed by atoms with E-state index in [1.165, 1.54) is 11.1 Å². The number of halogens is 1. The van der Waals surface area contributed by atoms with E-state index >= 15 is 0 Å². The van der Waals surface area contributed by atoms with Gasteiger partial charge in [-0.1, -0.05) is 35.9 Å². The largest absolute Gasteiger partial charge is 0.497 e. The summed E-state index contributed by atoms with van der Waals surface area (Å²) >= 11 is 5.98. The van der Waals surface area contributed by atoms with Gasteiger partial charge in [0.25, 0.3) is 5.91 Å². The summed E-state index contributed by atoms with van der Waals surface area (Å²) < 4.78 is 11.4. The van der Waals surface area contributed by atoms with Crippen LogP contribution >= 0.6 is 11.6 Å². The quantitative estimate of drug-likeness (QED) is 0.274. The van der Waals surface area contributed by atoms with Crippen molar-refractivity contribution in [2.75, 3.05) is 45.8 Å². The highest BCUT2D eigenvalue weighted by atomic mass is 35.5. The van der Waals surface area contributed by atoms with Crippen LogP contribution in [-0.4, -0.2) is 66.8 Å². The van der Waals surface area contributed by atoms with Gasteiger partial charge in [0.15, 0.2) is 22.5 Å². The zero-order chi connectivity index (χ0) is 28.0. The van der Waals surface area contributed by atoms with Crippen LogP contribution in [0.25, 0.3) is 0 Å². The molecule has 1 aromatic heterocycles. The number of amides is 1. The average Bonchev–Trinajstić information content (AvgIpc) is 3.71. The van der Waals surface area contributed by atoms with E-state index in [4.69, 9.17) is 32.5 Å². The van der Waals surface area contributed by atoms with Crippen LogP contribution in [0.3, 0.4) is 0 Å². The third-order valence-corrected chi connectivity index (χ3v) is 7.86. The van der Waals surface area contributed by atoms with Crippen molar-refractivity contribution in [1.82, 2.24) is 15.3 Å². The Labute approximate surface area is 235 Å². The Morgan fingerprint density at radius 2 is 1.44 bits per heavy atom.